The lowest BCUT2D eigenvalue weighted by Crippen LogP contribution is -1.90. The highest BCUT2D eigenvalue weighted by molar-refractivity contribution is 7.18. The predicted octanol–water partition coefficient (Wildman–Crippen LogP) is 3.54. The van der Waals surface area contributed by atoms with E-state index < -0.39 is 0 Å². The highest BCUT2D eigenvalue weighted by Crippen LogP contribution is 2.42. The number of nitrogens with zero attached hydrogens (tertiary/aromatic N) is 3. The minimum absolute atomic E-state index is 0.566. The van der Waals surface area contributed by atoms with Crippen molar-refractivity contribution < 1.29 is 18.6 Å². The topological polar surface area (TPSA) is 71.0 Å². The molecule has 0 radical (unpaired) electrons. The molecule has 0 saturated carbocycles. The molecule has 0 aliphatic rings. The molecule has 0 amide bonds. The van der Waals surface area contributed by atoms with E-state index >= 15 is 0 Å². The zero-order valence-electron chi connectivity index (χ0n) is 13.6. The fourth-order valence-corrected chi connectivity index (χ4v) is 3.41. The number of hydrogen-bond acceptors (Lipinski definition) is 7. The molecule has 0 bridgehead atoms. The van der Waals surface area contributed by atoms with Gasteiger partial charge < -0.3 is 18.6 Å². The SMILES string of the molecule is COc1nn2cc(-c3oc4c(OC)c(OC)ccc4c3C)nc2s1. The lowest BCUT2D eigenvalue weighted by Gasteiger charge is -2.06. The van der Waals surface area contributed by atoms with Gasteiger partial charge in [0.2, 0.25) is 10.7 Å². The lowest BCUT2D eigenvalue weighted by atomic mass is 10.1. The minimum atomic E-state index is 0.566. The highest BCUT2D eigenvalue weighted by Gasteiger charge is 2.21. The second-order valence-corrected chi connectivity index (χ2v) is 6.08. The summed E-state index contributed by atoms with van der Waals surface area (Å²) in [4.78, 5) is 5.32. The van der Waals surface area contributed by atoms with Gasteiger partial charge in [-0.1, -0.05) is 0 Å². The van der Waals surface area contributed by atoms with Gasteiger partial charge in [0, 0.05) is 10.9 Å². The fourth-order valence-electron chi connectivity index (χ4n) is 2.71. The number of ether oxygens (including phenoxy) is 3. The molecule has 8 heteroatoms. The molecule has 4 aromatic rings. The van der Waals surface area contributed by atoms with Gasteiger partial charge in [-0.2, -0.15) is 0 Å². The van der Waals surface area contributed by atoms with Crippen LogP contribution in [0.4, 0.5) is 0 Å². The van der Waals surface area contributed by atoms with Crippen LogP contribution in [0.5, 0.6) is 16.7 Å². The number of rotatable bonds is 4. The van der Waals surface area contributed by atoms with E-state index in [1.807, 2.05) is 25.3 Å². The van der Waals surface area contributed by atoms with E-state index in [9.17, 15) is 0 Å². The summed E-state index contributed by atoms with van der Waals surface area (Å²) in [6, 6.07) is 3.82. The zero-order chi connectivity index (χ0) is 16.8. The van der Waals surface area contributed by atoms with Gasteiger partial charge in [-0.15, -0.1) is 5.10 Å². The number of aromatic nitrogens is 3. The number of hydrogen-bond donors (Lipinski definition) is 0. The standard InChI is InChI=1S/C16H15N3O4S/c1-8-9-5-6-11(20-2)14(21-3)13(9)23-12(8)10-7-19-15(17-10)24-16(18-19)22-4/h5-7H,1-4H3. The number of benzene rings is 1. The van der Waals surface area contributed by atoms with Crippen molar-refractivity contribution in [3.63, 3.8) is 0 Å². The van der Waals surface area contributed by atoms with Crippen molar-refractivity contribution in [2.75, 3.05) is 21.3 Å². The van der Waals surface area contributed by atoms with Gasteiger partial charge in [-0.05, 0) is 30.4 Å². The molecule has 124 valence electrons. The van der Waals surface area contributed by atoms with Crippen LogP contribution in [0.25, 0.3) is 27.4 Å². The van der Waals surface area contributed by atoms with E-state index in [0.29, 0.717) is 33.7 Å². The largest absolute Gasteiger partial charge is 0.493 e. The van der Waals surface area contributed by atoms with Gasteiger partial charge in [-0.3, -0.25) is 0 Å². The van der Waals surface area contributed by atoms with Crippen LogP contribution in [0.3, 0.4) is 0 Å². The summed E-state index contributed by atoms with van der Waals surface area (Å²) in [7, 11) is 4.78. The van der Waals surface area contributed by atoms with E-state index in [1.165, 1.54) is 11.3 Å². The first-order valence-corrected chi connectivity index (χ1v) is 8.02. The van der Waals surface area contributed by atoms with Gasteiger partial charge in [0.05, 0.1) is 27.5 Å². The number of furan rings is 1. The van der Waals surface area contributed by atoms with Crippen LogP contribution in [0.1, 0.15) is 5.56 Å². The number of fused-ring (bicyclic) bond motifs is 2. The van der Waals surface area contributed by atoms with Crippen molar-refractivity contribution in [3.8, 4) is 28.1 Å². The minimum Gasteiger partial charge on any atom is -0.493 e. The molecular weight excluding hydrogens is 330 g/mol. The van der Waals surface area contributed by atoms with E-state index in [4.69, 9.17) is 18.6 Å². The molecule has 7 nitrogen and oxygen atoms in total. The first-order valence-electron chi connectivity index (χ1n) is 7.21. The Hall–Kier alpha value is -2.74. The quantitative estimate of drug-likeness (QED) is 0.563. The molecule has 0 aliphatic carbocycles. The Bertz CT molecular complexity index is 1020. The van der Waals surface area contributed by atoms with E-state index in [-0.39, 0.29) is 0 Å². The number of methoxy groups -OCH3 is 3. The predicted molar refractivity (Wildman–Crippen MR) is 90.5 cm³/mol. The second kappa shape index (κ2) is 5.41. The molecule has 0 fully saturated rings. The Morgan fingerprint density at radius 2 is 1.96 bits per heavy atom. The molecule has 24 heavy (non-hydrogen) atoms. The van der Waals surface area contributed by atoms with Crippen LogP contribution in [0.2, 0.25) is 0 Å². The first-order chi connectivity index (χ1) is 11.7. The monoisotopic (exact) mass is 345 g/mol. The van der Waals surface area contributed by atoms with E-state index in [1.54, 1.807) is 25.8 Å². The van der Waals surface area contributed by atoms with Crippen molar-refractivity contribution in [2.45, 2.75) is 6.92 Å². The summed E-state index contributed by atoms with van der Waals surface area (Å²) in [6.07, 6.45) is 1.82. The van der Waals surface area contributed by atoms with Crippen LogP contribution < -0.4 is 14.2 Å². The summed E-state index contributed by atoms with van der Waals surface area (Å²) in [6.45, 7) is 1.99. The van der Waals surface area contributed by atoms with Crippen molar-refractivity contribution in [1.29, 1.82) is 0 Å². The Balaban J connectivity index is 1.91. The summed E-state index contributed by atoms with van der Waals surface area (Å²) >= 11 is 1.37. The molecule has 0 spiro atoms. The third-order valence-corrected chi connectivity index (χ3v) is 4.76. The van der Waals surface area contributed by atoms with E-state index in [0.717, 1.165) is 15.9 Å². The third-order valence-electron chi connectivity index (χ3n) is 3.88. The van der Waals surface area contributed by atoms with Crippen molar-refractivity contribution >= 4 is 27.3 Å². The van der Waals surface area contributed by atoms with Crippen LogP contribution in [-0.4, -0.2) is 35.9 Å². The number of imidazole rings is 1. The van der Waals surface area contributed by atoms with Crippen molar-refractivity contribution in [3.05, 3.63) is 23.9 Å². The maximum Gasteiger partial charge on any atom is 0.294 e. The Morgan fingerprint density at radius 3 is 2.62 bits per heavy atom. The first kappa shape index (κ1) is 14.8. The van der Waals surface area contributed by atoms with Crippen LogP contribution >= 0.6 is 11.3 Å². The lowest BCUT2D eigenvalue weighted by molar-refractivity contribution is 0.354. The summed E-state index contributed by atoms with van der Waals surface area (Å²) in [5, 5.41) is 5.82. The molecular formula is C16H15N3O4S. The van der Waals surface area contributed by atoms with Crippen LogP contribution in [0, 0.1) is 6.92 Å². The van der Waals surface area contributed by atoms with Crippen molar-refractivity contribution in [1.82, 2.24) is 14.6 Å². The molecule has 0 saturated heterocycles. The highest BCUT2D eigenvalue weighted by atomic mass is 32.1. The van der Waals surface area contributed by atoms with Gasteiger partial charge in [0.25, 0.3) is 5.19 Å². The van der Waals surface area contributed by atoms with E-state index in [2.05, 4.69) is 10.1 Å². The van der Waals surface area contributed by atoms with Crippen LogP contribution in [-0.2, 0) is 0 Å². The normalized spacial score (nSPS) is 11.3. The molecule has 0 N–H and O–H groups in total. The summed E-state index contributed by atoms with van der Waals surface area (Å²) in [5.74, 6) is 1.89. The van der Waals surface area contributed by atoms with Crippen LogP contribution in [0.15, 0.2) is 22.7 Å². The average molecular weight is 345 g/mol. The zero-order valence-corrected chi connectivity index (χ0v) is 14.4. The smallest absolute Gasteiger partial charge is 0.294 e. The average Bonchev–Trinajstić information content (AvgIpc) is 3.24. The number of aryl methyl sites for hydroxylation is 1. The molecule has 1 aromatic carbocycles. The third kappa shape index (κ3) is 2.03. The Labute approximate surface area is 141 Å². The van der Waals surface area contributed by atoms with Gasteiger partial charge >= 0.3 is 0 Å². The molecule has 0 aliphatic heterocycles. The molecule has 3 aromatic heterocycles. The summed E-state index contributed by atoms with van der Waals surface area (Å²) in [5.41, 5.74) is 2.35. The van der Waals surface area contributed by atoms with Gasteiger partial charge in [-0.25, -0.2) is 9.50 Å². The van der Waals surface area contributed by atoms with Crippen molar-refractivity contribution in [2.24, 2.45) is 0 Å². The maximum absolute atomic E-state index is 6.07. The second-order valence-electron chi connectivity index (χ2n) is 5.16. The molecule has 4 rings (SSSR count). The summed E-state index contributed by atoms with van der Waals surface area (Å²) < 4.78 is 23.7. The fraction of sp³-hybridized carbons (Fsp3) is 0.250. The Kier molecular flexibility index (Phi) is 3.34. The van der Waals surface area contributed by atoms with Gasteiger partial charge in [0.15, 0.2) is 17.1 Å². The van der Waals surface area contributed by atoms with Gasteiger partial charge in [0.1, 0.15) is 5.69 Å². The molecule has 0 atom stereocenters. The molecule has 0 unspecified atom stereocenters. The maximum atomic E-state index is 6.07. The Morgan fingerprint density at radius 1 is 1.12 bits per heavy atom. The molecule has 3 heterocycles.